The van der Waals surface area contributed by atoms with Gasteiger partial charge in [0, 0.05) is 13.7 Å². The normalized spacial score (nSPS) is 12.6. The van der Waals surface area contributed by atoms with Crippen molar-refractivity contribution < 1.29 is 14.6 Å². The summed E-state index contributed by atoms with van der Waals surface area (Å²) in [7, 11) is 1.47. The number of amides is 2. The van der Waals surface area contributed by atoms with Crippen LogP contribution in [0.1, 0.15) is 0 Å². The lowest BCUT2D eigenvalue weighted by Gasteiger charge is -2.08. The molecule has 0 heterocycles. The molecule has 1 unspecified atom stereocenters. The molecule has 0 aliphatic heterocycles. The van der Waals surface area contributed by atoms with Gasteiger partial charge in [0.05, 0.1) is 12.7 Å². The van der Waals surface area contributed by atoms with Gasteiger partial charge in [-0.25, -0.2) is 4.79 Å². The zero-order chi connectivity index (χ0) is 7.98. The van der Waals surface area contributed by atoms with Gasteiger partial charge in [-0.1, -0.05) is 0 Å². The summed E-state index contributed by atoms with van der Waals surface area (Å²) in [5.41, 5.74) is 4.73. The molecule has 60 valence electrons. The van der Waals surface area contributed by atoms with Crippen molar-refractivity contribution in [1.29, 1.82) is 0 Å². The maximum atomic E-state index is 10.1. The summed E-state index contributed by atoms with van der Waals surface area (Å²) >= 11 is 0. The Hall–Kier alpha value is -0.810. The number of nitrogens with one attached hydrogen (secondary N) is 1. The summed E-state index contributed by atoms with van der Waals surface area (Å²) in [5.74, 6) is 0. The molecule has 5 nitrogen and oxygen atoms in total. The van der Waals surface area contributed by atoms with Crippen LogP contribution in [0.3, 0.4) is 0 Å². The highest BCUT2D eigenvalue weighted by Gasteiger charge is 2.02. The lowest BCUT2D eigenvalue weighted by atomic mass is 10.4. The summed E-state index contributed by atoms with van der Waals surface area (Å²) < 4.78 is 4.59. The number of aliphatic hydroxyl groups excluding tert-OH is 1. The van der Waals surface area contributed by atoms with E-state index in [0.29, 0.717) is 0 Å². The van der Waals surface area contributed by atoms with Gasteiger partial charge in [0.2, 0.25) is 0 Å². The standard InChI is InChI=1S/C5H12N2O3/c1-10-3-4(8)2-7-5(6)9/h4,8H,2-3H2,1H3,(H3,6,7,9). The number of carbonyl (C=O) groups is 1. The minimum atomic E-state index is -0.683. The van der Waals surface area contributed by atoms with Crippen molar-refractivity contribution in [3.8, 4) is 0 Å². The molecule has 0 aliphatic rings. The summed E-state index contributed by atoms with van der Waals surface area (Å²) in [6.45, 7) is 0.323. The average Bonchev–Trinajstić information content (AvgIpc) is 1.85. The highest BCUT2D eigenvalue weighted by molar-refractivity contribution is 5.71. The van der Waals surface area contributed by atoms with E-state index in [9.17, 15) is 4.79 Å². The maximum Gasteiger partial charge on any atom is 0.312 e. The Morgan fingerprint density at radius 1 is 1.90 bits per heavy atom. The van der Waals surface area contributed by atoms with Crippen LogP contribution < -0.4 is 11.1 Å². The number of nitrogens with two attached hydrogens (primary N) is 1. The van der Waals surface area contributed by atoms with E-state index in [1.54, 1.807) is 0 Å². The number of ether oxygens (including phenoxy) is 1. The Bertz CT molecular complexity index is 107. The molecular formula is C5H12N2O3. The predicted molar refractivity (Wildman–Crippen MR) is 35.5 cm³/mol. The van der Waals surface area contributed by atoms with E-state index in [0.717, 1.165) is 0 Å². The SMILES string of the molecule is COCC(O)CNC(N)=O. The molecule has 0 fully saturated rings. The molecule has 10 heavy (non-hydrogen) atoms. The first-order chi connectivity index (χ1) is 4.66. The molecule has 0 aromatic carbocycles. The van der Waals surface area contributed by atoms with Gasteiger partial charge in [0.15, 0.2) is 0 Å². The molecule has 0 bridgehead atoms. The van der Waals surface area contributed by atoms with E-state index < -0.39 is 12.1 Å². The number of primary amides is 1. The lowest BCUT2D eigenvalue weighted by molar-refractivity contribution is 0.0662. The minimum absolute atomic E-state index is 0.128. The van der Waals surface area contributed by atoms with Crippen molar-refractivity contribution in [2.24, 2.45) is 5.73 Å². The third kappa shape index (κ3) is 5.33. The van der Waals surface area contributed by atoms with E-state index in [-0.39, 0.29) is 13.2 Å². The third-order valence-corrected chi connectivity index (χ3v) is 0.871. The molecule has 0 aromatic heterocycles. The molecule has 0 aromatic rings. The Labute approximate surface area is 59.2 Å². The number of hydrogen-bond donors (Lipinski definition) is 3. The maximum absolute atomic E-state index is 10.1. The first-order valence-electron chi connectivity index (χ1n) is 2.87. The van der Waals surface area contributed by atoms with Gasteiger partial charge >= 0.3 is 6.03 Å². The second-order valence-electron chi connectivity index (χ2n) is 1.85. The summed E-state index contributed by atoms with van der Waals surface area (Å²) in [6.07, 6.45) is -0.683. The van der Waals surface area contributed by atoms with Gasteiger partial charge in [-0.05, 0) is 0 Å². The van der Waals surface area contributed by atoms with Crippen LogP contribution in [0.4, 0.5) is 4.79 Å². The summed E-state index contributed by atoms with van der Waals surface area (Å²) in [6, 6.07) is -0.643. The van der Waals surface area contributed by atoms with E-state index >= 15 is 0 Å². The molecule has 0 aliphatic carbocycles. The van der Waals surface area contributed by atoms with Crippen LogP contribution >= 0.6 is 0 Å². The fourth-order valence-electron chi connectivity index (χ4n) is 0.470. The van der Waals surface area contributed by atoms with Gasteiger partial charge in [-0.2, -0.15) is 0 Å². The number of aliphatic hydroxyl groups is 1. The second kappa shape index (κ2) is 5.01. The molecule has 0 saturated carbocycles. The molecule has 0 saturated heterocycles. The quantitative estimate of drug-likeness (QED) is 0.461. The van der Waals surface area contributed by atoms with Crippen LogP contribution in [0.15, 0.2) is 0 Å². The highest BCUT2D eigenvalue weighted by atomic mass is 16.5. The van der Waals surface area contributed by atoms with Crippen molar-refractivity contribution in [2.45, 2.75) is 6.10 Å². The van der Waals surface area contributed by atoms with Crippen LogP contribution in [-0.2, 0) is 4.74 Å². The second-order valence-corrected chi connectivity index (χ2v) is 1.85. The predicted octanol–water partition coefficient (Wildman–Crippen LogP) is -1.34. The fourth-order valence-corrected chi connectivity index (χ4v) is 0.470. The molecule has 0 radical (unpaired) electrons. The molecule has 4 N–H and O–H groups in total. The van der Waals surface area contributed by atoms with Crippen LogP contribution in [0.25, 0.3) is 0 Å². The summed E-state index contributed by atoms with van der Waals surface area (Å²) in [5, 5.41) is 11.1. The van der Waals surface area contributed by atoms with Gasteiger partial charge in [0.25, 0.3) is 0 Å². The van der Waals surface area contributed by atoms with Crippen molar-refractivity contribution >= 4 is 6.03 Å². The number of urea groups is 1. The number of hydrogen-bond acceptors (Lipinski definition) is 3. The van der Waals surface area contributed by atoms with Gasteiger partial charge in [-0.3, -0.25) is 0 Å². The Morgan fingerprint density at radius 3 is 2.90 bits per heavy atom. The van der Waals surface area contributed by atoms with E-state index in [1.807, 2.05) is 0 Å². The Morgan fingerprint density at radius 2 is 2.50 bits per heavy atom. The largest absolute Gasteiger partial charge is 0.389 e. The molecule has 1 atom stereocenters. The summed E-state index contributed by atoms with van der Waals surface area (Å²) in [4.78, 5) is 10.1. The number of carbonyl (C=O) groups excluding carboxylic acids is 1. The third-order valence-electron chi connectivity index (χ3n) is 0.871. The first-order valence-corrected chi connectivity index (χ1v) is 2.87. The van der Waals surface area contributed by atoms with Gasteiger partial charge < -0.3 is 20.9 Å². The van der Waals surface area contributed by atoms with Crippen molar-refractivity contribution in [1.82, 2.24) is 5.32 Å². The van der Waals surface area contributed by atoms with Crippen LogP contribution in [0.2, 0.25) is 0 Å². The van der Waals surface area contributed by atoms with E-state index in [2.05, 4.69) is 10.1 Å². The average molecular weight is 148 g/mol. The fraction of sp³-hybridized carbons (Fsp3) is 0.800. The van der Waals surface area contributed by atoms with E-state index in [4.69, 9.17) is 10.8 Å². The van der Waals surface area contributed by atoms with Crippen molar-refractivity contribution in [3.05, 3.63) is 0 Å². The lowest BCUT2D eigenvalue weighted by Crippen LogP contribution is -2.37. The van der Waals surface area contributed by atoms with Gasteiger partial charge in [0.1, 0.15) is 0 Å². The Kier molecular flexibility index (Phi) is 4.61. The van der Waals surface area contributed by atoms with E-state index in [1.165, 1.54) is 7.11 Å². The zero-order valence-corrected chi connectivity index (χ0v) is 5.83. The monoisotopic (exact) mass is 148 g/mol. The highest BCUT2D eigenvalue weighted by Crippen LogP contribution is 1.79. The smallest absolute Gasteiger partial charge is 0.312 e. The molecule has 5 heteroatoms. The van der Waals surface area contributed by atoms with Crippen LogP contribution in [-0.4, -0.2) is 37.5 Å². The van der Waals surface area contributed by atoms with Crippen LogP contribution in [0, 0.1) is 0 Å². The number of methoxy groups -OCH3 is 1. The minimum Gasteiger partial charge on any atom is -0.389 e. The molecule has 2 amide bonds. The topological polar surface area (TPSA) is 84.6 Å². The first kappa shape index (κ1) is 9.19. The van der Waals surface area contributed by atoms with Gasteiger partial charge in [-0.15, -0.1) is 0 Å². The van der Waals surface area contributed by atoms with Crippen molar-refractivity contribution in [2.75, 3.05) is 20.3 Å². The van der Waals surface area contributed by atoms with Crippen LogP contribution in [0.5, 0.6) is 0 Å². The van der Waals surface area contributed by atoms with Crippen molar-refractivity contribution in [3.63, 3.8) is 0 Å². The molecule has 0 rings (SSSR count). The molecule has 0 spiro atoms. The zero-order valence-electron chi connectivity index (χ0n) is 5.83. The Balaban J connectivity index is 3.21. The molecular weight excluding hydrogens is 136 g/mol. The number of rotatable bonds is 4.